The van der Waals surface area contributed by atoms with E-state index in [-0.39, 0.29) is 24.7 Å². The molecule has 0 heterocycles. The average molecular weight is 264 g/mol. The fourth-order valence-electron chi connectivity index (χ4n) is 1.53. The number of aliphatic carboxylic acids is 1. The van der Waals surface area contributed by atoms with Crippen LogP contribution in [0.3, 0.4) is 0 Å². The molecule has 0 bridgehead atoms. The van der Waals surface area contributed by atoms with Crippen LogP contribution in [0, 0.1) is 6.92 Å². The minimum absolute atomic E-state index is 0.0842. The molecule has 0 radical (unpaired) electrons. The van der Waals surface area contributed by atoms with Crippen molar-refractivity contribution in [2.45, 2.75) is 26.7 Å². The Bertz CT molecular complexity index is 511. The van der Waals surface area contributed by atoms with E-state index in [1.165, 1.54) is 6.92 Å². The van der Waals surface area contributed by atoms with Gasteiger partial charge in [-0.25, -0.2) is 0 Å². The van der Waals surface area contributed by atoms with Crippen molar-refractivity contribution < 1.29 is 19.5 Å². The highest BCUT2D eigenvalue weighted by atomic mass is 16.4. The van der Waals surface area contributed by atoms with Gasteiger partial charge in [0.05, 0.1) is 6.42 Å². The molecule has 0 aliphatic rings. The lowest BCUT2D eigenvalue weighted by Gasteiger charge is -2.12. The third-order valence-electron chi connectivity index (χ3n) is 2.48. The van der Waals surface area contributed by atoms with Crippen LogP contribution in [-0.2, 0) is 14.4 Å². The zero-order valence-electron chi connectivity index (χ0n) is 10.8. The molecule has 0 aromatic heterocycles. The number of amides is 2. The fourth-order valence-corrected chi connectivity index (χ4v) is 1.53. The van der Waals surface area contributed by atoms with Gasteiger partial charge in [-0.15, -0.1) is 0 Å². The molecule has 102 valence electrons. The van der Waals surface area contributed by atoms with E-state index < -0.39 is 5.97 Å². The summed E-state index contributed by atoms with van der Waals surface area (Å²) in [5, 5.41) is 13.8. The number of carboxylic acid groups (broad SMARTS) is 1. The number of carbonyl (C=O) groups excluding carboxylic acids is 2. The summed E-state index contributed by atoms with van der Waals surface area (Å²) < 4.78 is 0. The van der Waals surface area contributed by atoms with E-state index in [2.05, 4.69) is 10.6 Å². The van der Waals surface area contributed by atoms with Gasteiger partial charge in [-0.3, -0.25) is 14.4 Å². The topological polar surface area (TPSA) is 95.5 Å². The monoisotopic (exact) mass is 264 g/mol. The third kappa shape index (κ3) is 4.79. The van der Waals surface area contributed by atoms with Crippen LogP contribution in [0.4, 0.5) is 11.4 Å². The van der Waals surface area contributed by atoms with Gasteiger partial charge in [0, 0.05) is 24.7 Å². The highest BCUT2D eigenvalue weighted by Gasteiger charge is 2.09. The zero-order valence-corrected chi connectivity index (χ0v) is 10.8. The highest BCUT2D eigenvalue weighted by molar-refractivity contribution is 5.95. The van der Waals surface area contributed by atoms with Crippen molar-refractivity contribution in [1.29, 1.82) is 0 Å². The molecule has 0 fully saturated rings. The lowest BCUT2D eigenvalue weighted by atomic mass is 10.1. The van der Waals surface area contributed by atoms with Crippen LogP contribution in [0.1, 0.15) is 25.3 Å². The van der Waals surface area contributed by atoms with Crippen LogP contribution in [0.25, 0.3) is 0 Å². The first-order chi connectivity index (χ1) is 8.90. The molecule has 0 atom stereocenters. The van der Waals surface area contributed by atoms with Crippen molar-refractivity contribution in [2.75, 3.05) is 10.6 Å². The minimum Gasteiger partial charge on any atom is -0.481 e. The maximum absolute atomic E-state index is 11.5. The van der Waals surface area contributed by atoms with E-state index in [1.54, 1.807) is 25.1 Å². The molecule has 1 aromatic carbocycles. The van der Waals surface area contributed by atoms with Gasteiger partial charge in [0.25, 0.3) is 0 Å². The molecule has 1 aromatic rings. The minimum atomic E-state index is -1.01. The van der Waals surface area contributed by atoms with Crippen LogP contribution >= 0.6 is 0 Å². The first-order valence-corrected chi connectivity index (χ1v) is 5.79. The van der Waals surface area contributed by atoms with Gasteiger partial charge >= 0.3 is 5.97 Å². The lowest BCUT2D eigenvalue weighted by molar-refractivity contribution is -0.138. The number of carboxylic acids is 1. The molecule has 0 saturated heterocycles. The van der Waals surface area contributed by atoms with E-state index in [9.17, 15) is 14.4 Å². The first-order valence-electron chi connectivity index (χ1n) is 5.79. The molecular formula is C13H16N2O4. The van der Waals surface area contributed by atoms with Gasteiger partial charge in [0.15, 0.2) is 0 Å². The Balaban J connectivity index is 2.75. The Morgan fingerprint density at radius 3 is 2.21 bits per heavy atom. The smallest absolute Gasteiger partial charge is 0.303 e. The van der Waals surface area contributed by atoms with Crippen LogP contribution in [-0.4, -0.2) is 22.9 Å². The molecular weight excluding hydrogens is 248 g/mol. The van der Waals surface area contributed by atoms with Crippen LogP contribution in [0.2, 0.25) is 0 Å². The standard InChI is InChI=1S/C13H16N2O4/c1-8-10(14-9(2)16)4-3-5-11(8)15-12(17)6-7-13(18)19/h3-5H,6-7H2,1-2H3,(H,14,16)(H,15,17)(H,18,19). The van der Waals surface area contributed by atoms with E-state index >= 15 is 0 Å². The highest BCUT2D eigenvalue weighted by Crippen LogP contribution is 2.23. The van der Waals surface area contributed by atoms with Crippen molar-refractivity contribution in [3.8, 4) is 0 Å². The Labute approximate surface area is 110 Å². The second-order valence-electron chi connectivity index (χ2n) is 4.10. The zero-order chi connectivity index (χ0) is 14.4. The predicted octanol–water partition coefficient (Wildman–Crippen LogP) is 1.76. The number of hydrogen-bond acceptors (Lipinski definition) is 3. The van der Waals surface area contributed by atoms with Gasteiger partial charge in [-0.1, -0.05) is 6.07 Å². The number of anilines is 2. The molecule has 0 aliphatic heterocycles. The Hall–Kier alpha value is -2.37. The molecule has 19 heavy (non-hydrogen) atoms. The maximum atomic E-state index is 11.5. The molecule has 3 N–H and O–H groups in total. The number of rotatable bonds is 5. The number of benzene rings is 1. The largest absolute Gasteiger partial charge is 0.481 e. The van der Waals surface area contributed by atoms with Crippen LogP contribution < -0.4 is 10.6 Å². The molecule has 6 nitrogen and oxygen atoms in total. The van der Waals surface area contributed by atoms with Gasteiger partial charge < -0.3 is 15.7 Å². The van der Waals surface area contributed by atoms with Gasteiger partial charge in [0.2, 0.25) is 11.8 Å². The molecule has 0 unspecified atom stereocenters. The molecule has 0 saturated carbocycles. The van der Waals surface area contributed by atoms with Crippen molar-refractivity contribution >= 4 is 29.2 Å². The molecule has 0 spiro atoms. The third-order valence-corrected chi connectivity index (χ3v) is 2.48. The van der Waals surface area contributed by atoms with Gasteiger partial charge in [-0.05, 0) is 24.6 Å². The SMILES string of the molecule is CC(=O)Nc1cccc(NC(=O)CCC(=O)O)c1C. The predicted molar refractivity (Wildman–Crippen MR) is 71.0 cm³/mol. The molecule has 0 aliphatic carbocycles. The van der Waals surface area contributed by atoms with Gasteiger partial charge in [0.1, 0.15) is 0 Å². The van der Waals surface area contributed by atoms with Crippen molar-refractivity contribution in [3.63, 3.8) is 0 Å². The summed E-state index contributed by atoms with van der Waals surface area (Å²) in [5.41, 5.74) is 1.89. The Morgan fingerprint density at radius 1 is 1.11 bits per heavy atom. The summed E-state index contributed by atoms with van der Waals surface area (Å²) in [4.78, 5) is 32.9. The average Bonchev–Trinajstić information content (AvgIpc) is 2.31. The Kier molecular flexibility index (Phi) is 5.05. The van der Waals surface area contributed by atoms with Crippen molar-refractivity contribution in [3.05, 3.63) is 23.8 Å². The molecule has 1 rings (SSSR count). The summed E-state index contributed by atoms with van der Waals surface area (Å²) in [6, 6.07) is 5.12. The summed E-state index contributed by atoms with van der Waals surface area (Å²) >= 11 is 0. The van der Waals surface area contributed by atoms with E-state index in [0.29, 0.717) is 11.4 Å². The summed E-state index contributed by atoms with van der Waals surface area (Å²) in [6.45, 7) is 3.16. The van der Waals surface area contributed by atoms with E-state index in [1.807, 2.05) is 0 Å². The summed E-state index contributed by atoms with van der Waals surface area (Å²) in [5.74, 6) is -1.58. The molecule has 2 amide bonds. The van der Waals surface area contributed by atoms with Crippen LogP contribution in [0.15, 0.2) is 18.2 Å². The van der Waals surface area contributed by atoms with E-state index in [4.69, 9.17) is 5.11 Å². The Morgan fingerprint density at radius 2 is 1.68 bits per heavy atom. The summed E-state index contributed by atoms with van der Waals surface area (Å²) in [7, 11) is 0. The number of nitrogens with one attached hydrogen (secondary N) is 2. The number of hydrogen-bond donors (Lipinski definition) is 3. The van der Waals surface area contributed by atoms with Crippen molar-refractivity contribution in [2.24, 2.45) is 0 Å². The first kappa shape index (κ1) is 14.7. The van der Waals surface area contributed by atoms with Gasteiger partial charge in [-0.2, -0.15) is 0 Å². The van der Waals surface area contributed by atoms with Crippen LogP contribution in [0.5, 0.6) is 0 Å². The quantitative estimate of drug-likeness (QED) is 0.755. The lowest BCUT2D eigenvalue weighted by Crippen LogP contribution is -2.15. The maximum Gasteiger partial charge on any atom is 0.303 e. The number of carbonyl (C=O) groups is 3. The molecule has 6 heteroatoms. The normalized spacial score (nSPS) is 9.79. The fraction of sp³-hybridized carbons (Fsp3) is 0.308. The van der Waals surface area contributed by atoms with Crippen molar-refractivity contribution in [1.82, 2.24) is 0 Å². The summed E-state index contributed by atoms with van der Waals surface area (Å²) in [6.07, 6.45) is -0.296. The van der Waals surface area contributed by atoms with E-state index in [0.717, 1.165) is 5.56 Å². The second-order valence-corrected chi connectivity index (χ2v) is 4.10. The second kappa shape index (κ2) is 6.53.